The van der Waals surface area contributed by atoms with Gasteiger partial charge in [0.2, 0.25) is 11.7 Å². The second-order valence-electron chi connectivity index (χ2n) is 9.18. The van der Waals surface area contributed by atoms with E-state index in [0.717, 1.165) is 15.6 Å². The van der Waals surface area contributed by atoms with Crippen molar-refractivity contribution in [2.75, 3.05) is 6.61 Å². The van der Waals surface area contributed by atoms with E-state index >= 15 is 0 Å². The summed E-state index contributed by atoms with van der Waals surface area (Å²) in [4.78, 5) is 19.1. The molecule has 0 atom stereocenters. The summed E-state index contributed by atoms with van der Waals surface area (Å²) in [5.41, 5.74) is 3.22. The van der Waals surface area contributed by atoms with Crippen LogP contribution < -0.4 is 4.74 Å². The van der Waals surface area contributed by atoms with Gasteiger partial charge in [-0.1, -0.05) is 55.8 Å². The van der Waals surface area contributed by atoms with E-state index in [-0.39, 0.29) is 30.5 Å². The molecular formula is C25H30BrN3O3. The van der Waals surface area contributed by atoms with Gasteiger partial charge >= 0.3 is 0 Å². The quantitative estimate of drug-likeness (QED) is 0.403. The third-order valence-corrected chi connectivity index (χ3v) is 5.76. The molecule has 6 nitrogen and oxygen atoms in total. The Morgan fingerprint density at radius 1 is 1.19 bits per heavy atom. The zero-order valence-electron chi connectivity index (χ0n) is 19.5. The highest BCUT2D eigenvalue weighted by Gasteiger charge is 2.22. The highest BCUT2D eigenvalue weighted by molar-refractivity contribution is 9.10. The molecule has 0 aliphatic heterocycles. The molecule has 0 saturated carbocycles. The third kappa shape index (κ3) is 5.97. The normalized spacial score (nSPS) is 11.6. The van der Waals surface area contributed by atoms with Crippen LogP contribution in [0.15, 0.2) is 51.5 Å². The van der Waals surface area contributed by atoms with E-state index in [4.69, 9.17) is 9.26 Å². The molecule has 1 heterocycles. The first-order valence-electron chi connectivity index (χ1n) is 10.7. The number of rotatable bonds is 7. The van der Waals surface area contributed by atoms with E-state index in [1.54, 1.807) is 4.90 Å². The van der Waals surface area contributed by atoms with Gasteiger partial charge in [0.15, 0.2) is 6.61 Å². The first-order chi connectivity index (χ1) is 15.0. The Hall–Kier alpha value is -2.67. The van der Waals surface area contributed by atoms with Crippen LogP contribution in [0, 0.1) is 6.92 Å². The first kappa shape index (κ1) is 24.0. The summed E-state index contributed by atoms with van der Waals surface area (Å²) in [5, 5.41) is 4.07. The van der Waals surface area contributed by atoms with Crippen LogP contribution in [0.25, 0.3) is 11.4 Å². The van der Waals surface area contributed by atoms with Crippen LogP contribution in [0.4, 0.5) is 0 Å². The Labute approximate surface area is 198 Å². The fraction of sp³-hybridized carbons (Fsp3) is 0.400. The number of carbonyl (C=O) groups is 1. The molecule has 0 spiro atoms. The van der Waals surface area contributed by atoms with Crippen molar-refractivity contribution in [2.24, 2.45) is 0 Å². The van der Waals surface area contributed by atoms with Crippen LogP contribution in [-0.4, -0.2) is 33.6 Å². The van der Waals surface area contributed by atoms with E-state index in [1.807, 2.05) is 63.2 Å². The molecule has 2 aromatic carbocycles. The number of nitrogens with zero attached hydrogens (tertiary/aromatic N) is 3. The standard InChI is InChI=1S/C25H30BrN3O3/c1-16(2)29(14-22-27-24(28-32-22)18-9-7-8-17(3)12-18)23(30)15-31-21-11-10-19(13-20(21)26)25(4,5)6/h7-13,16H,14-15H2,1-6H3. The summed E-state index contributed by atoms with van der Waals surface area (Å²) >= 11 is 3.56. The summed E-state index contributed by atoms with van der Waals surface area (Å²) in [6, 6.07) is 13.8. The largest absolute Gasteiger partial charge is 0.483 e. The molecule has 1 aromatic heterocycles. The van der Waals surface area contributed by atoms with Gasteiger partial charge in [-0.3, -0.25) is 4.79 Å². The highest BCUT2D eigenvalue weighted by Crippen LogP contribution is 2.31. The number of hydrogen-bond acceptors (Lipinski definition) is 5. The molecule has 7 heteroatoms. The number of benzene rings is 2. The van der Waals surface area contributed by atoms with Crippen molar-refractivity contribution < 1.29 is 14.1 Å². The number of amides is 1. The molecule has 170 valence electrons. The van der Waals surface area contributed by atoms with Crippen molar-refractivity contribution in [1.82, 2.24) is 15.0 Å². The smallest absolute Gasteiger partial charge is 0.261 e. The maximum absolute atomic E-state index is 12.9. The van der Waals surface area contributed by atoms with Crippen LogP contribution in [0.5, 0.6) is 5.75 Å². The van der Waals surface area contributed by atoms with Crippen LogP contribution in [0.1, 0.15) is 51.6 Å². The van der Waals surface area contributed by atoms with E-state index < -0.39 is 0 Å². The van der Waals surface area contributed by atoms with Gasteiger partial charge in [-0.2, -0.15) is 4.98 Å². The minimum atomic E-state index is -0.151. The number of aromatic nitrogens is 2. The topological polar surface area (TPSA) is 68.5 Å². The van der Waals surface area contributed by atoms with Crippen molar-refractivity contribution in [3.05, 3.63) is 64.0 Å². The monoisotopic (exact) mass is 499 g/mol. The van der Waals surface area contributed by atoms with Gasteiger partial charge in [-0.05, 0) is 65.9 Å². The summed E-state index contributed by atoms with van der Waals surface area (Å²) in [6.07, 6.45) is 0. The maximum atomic E-state index is 12.9. The molecule has 0 unspecified atom stereocenters. The Balaban J connectivity index is 1.67. The predicted octanol–water partition coefficient (Wildman–Crippen LogP) is 5.92. The van der Waals surface area contributed by atoms with Crippen LogP contribution in [0.2, 0.25) is 0 Å². The van der Waals surface area contributed by atoms with E-state index in [0.29, 0.717) is 17.5 Å². The van der Waals surface area contributed by atoms with E-state index in [2.05, 4.69) is 46.8 Å². The SMILES string of the molecule is Cc1cccc(-c2noc(CN(C(=O)COc3ccc(C(C)(C)C)cc3Br)C(C)C)n2)c1. The van der Waals surface area contributed by atoms with Crippen molar-refractivity contribution in [3.8, 4) is 17.1 Å². The lowest BCUT2D eigenvalue weighted by molar-refractivity contribution is -0.136. The van der Waals surface area contributed by atoms with E-state index in [1.165, 1.54) is 5.56 Å². The summed E-state index contributed by atoms with van der Waals surface area (Å²) < 4.78 is 12.1. The Morgan fingerprint density at radius 3 is 2.56 bits per heavy atom. The van der Waals surface area contributed by atoms with Gasteiger partial charge in [0.25, 0.3) is 5.91 Å². The molecule has 0 bridgehead atoms. The highest BCUT2D eigenvalue weighted by atomic mass is 79.9. The summed E-state index contributed by atoms with van der Waals surface area (Å²) in [5.74, 6) is 1.38. The lowest BCUT2D eigenvalue weighted by Gasteiger charge is -2.25. The van der Waals surface area contributed by atoms with Crippen molar-refractivity contribution in [3.63, 3.8) is 0 Å². The van der Waals surface area contributed by atoms with Gasteiger partial charge in [0.05, 0.1) is 4.47 Å². The molecule has 3 rings (SSSR count). The number of ether oxygens (including phenoxy) is 1. The molecule has 0 radical (unpaired) electrons. The lowest BCUT2D eigenvalue weighted by Crippen LogP contribution is -2.39. The molecular weight excluding hydrogens is 470 g/mol. The molecule has 3 aromatic rings. The van der Waals surface area contributed by atoms with Crippen molar-refractivity contribution >= 4 is 21.8 Å². The summed E-state index contributed by atoms with van der Waals surface area (Å²) in [7, 11) is 0. The fourth-order valence-corrected chi connectivity index (χ4v) is 3.73. The van der Waals surface area contributed by atoms with Gasteiger partial charge < -0.3 is 14.2 Å². The molecule has 32 heavy (non-hydrogen) atoms. The first-order valence-corrected chi connectivity index (χ1v) is 11.5. The summed E-state index contributed by atoms with van der Waals surface area (Å²) in [6.45, 7) is 12.5. The molecule has 0 N–H and O–H groups in total. The molecule has 0 saturated heterocycles. The Bertz CT molecular complexity index is 1090. The zero-order valence-corrected chi connectivity index (χ0v) is 21.1. The van der Waals surface area contributed by atoms with Gasteiger partial charge in [0.1, 0.15) is 12.3 Å². The maximum Gasteiger partial charge on any atom is 0.261 e. The number of halogens is 1. The average molecular weight is 500 g/mol. The minimum absolute atomic E-state index is 0.0344. The molecule has 0 aliphatic carbocycles. The Morgan fingerprint density at radius 2 is 1.94 bits per heavy atom. The van der Waals surface area contributed by atoms with Crippen molar-refractivity contribution in [2.45, 2.75) is 59.5 Å². The second kappa shape index (κ2) is 9.86. The van der Waals surface area contributed by atoms with E-state index in [9.17, 15) is 4.79 Å². The fourth-order valence-electron chi connectivity index (χ4n) is 3.23. The van der Waals surface area contributed by atoms with Crippen LogP contribution >= 0.6 is 15.9 Å². The van der Waals surface area contributed by atoms with Gasteiger partial charge in [-0.25, -0.2) is 0 Å². The lowest BCUT2D eigenvalue weighted by atomic mass is 9.87. The van der Waals surface area contributed by atoms with Gasteiger partial charge in [-0.15, -0.1) is 0 Å². The second-order valence-corrected chi connectivity index (χ2v) is 10.0. The zero-order chi connectivity index (χ0) is 23.5. The predicted molar refractivity (Wildman–Crippen MR) is 128 cm³/mol. The molecule has 0 aliphatic rings. The Kier molecular flexibility index (Phi) is 7.39. The van der Waals surface area contributed by atoms with Gasteiger partial charge in [0, 0.05) is 11.6 Å². The number of aryl methyl sites for hydroxylation is 1. The molecule has 1 amide bonds. The van der Waals surface area contributed by atoms with Crippen molar-refractivity contribution in [1.29, 1.82) is 0 Å². The minimum Gasteiger partial charge on any atom is -0.483 e. The third-order valence-electron chi connectivity index (χ3n) is 5.14. The number of hydrogen-bond donors (Lipinski definition) is 0. The van der Waals surface area contributed by atoms with Crippen LogP contribution in [0.3, 0.4) is 0 Å². The number of carbonyl (C=O) groups excluding carboxylic acids is 1. The average Bonchev–Trinajstić information content (AvgIpc) is 3.19. The molecule has 0 fully saturated rings. The van der Waals surface area contributed by atoms with Crippen LogP contribution in [-0.2, 0) is 16.8 Å².